The summed E-state index contributed by atoms with van der Waals surface area (Å²) in [5.74, 6) is 7.22. The van der Waals surface area contributed by atoms with Gasteiger partial charge in [0.05, 0.1) is 42.6 Å². The van der Waals surface area contributed by atoms with Gasteiger partial charge in [-0.05, 0) is 218 Å². The fraction of sp³-hybridized carbons (Fsp3) is 0.444. The third-order valence-corrected chi connectivity index (χ3v) is 24.8. The number of hydrogen-bond donors (Lipinski definition) is 4. The van der Waals surface area contributed by atoms with Crippen molar-refractivity contribution < 1.29 is 18.9 Å². The molecule has 116 heavy (non-hydrogen) atoms. The molecule has 0 amide bonds. The molecule has 9 aliphatic rings. The highest BCUT2D eigenvalue weighted by molar-refractivity contribution is 5.83. The number of benzene rings is 4. The predicted molar refractivity (Wildman–Crippen MR) is 458 cm³/mol. The third-order valence-electron chi connectivity index (χ3n) is 24.8. The van der Waals surface area contributed by atoms with Crippen LogP contribution in [0.5, 0.6) is 23.0 Å². The number of aryl methyl sites for hydroxylation is 4. The van der Waals surface area contributed by atoms with E-state index in [1.54, 1.807) is 0 Å². The molecule has 26 nitrogen and oxygen atoms in total. The number of hydrogen-bond acceptors (Lipinski definition) is 22. The summed E-state index contributed by atoms with van der Waals surface area (Å²) in [6.07, 6.45) is 23.1. The van der Waals surface area contributed by atoms with E-state index in [2.05, 4.69) is 200 Å². The van der Waals surface area contributed by atoms with Crippen LogP contribution >= 0.6 is 0 Å². The maximum Gasteiger partial charge on any atom is 0.165 e. The van der Waals surface area contributed by atoms with E-state index in [9.17, 15) is 0 Å². The highest BCUT2D eigenvalue weighted by Crippen LogP contribution is 2.40. The van der Waals surface area contributed by atoms with Crippen LogP contribution in [-0.2, 0) is 0 Å². The zero-order valence-corrected chi connectivity index (χ0v) is 68.4. The fourth-order valence-corrected chi connectivity index (χ4v) is 18.2. The van der Waals surface area contributed by atoms with Crippen molar-refractivity contribution in [2.24, 2.45) is 0 Å². The summed E-state index contributed by atoms with van der Waals surface area (Å²) in [4.78, 5) is 34.5. The molecule has 12 aromatic rings. The van der Waals surface area contributed by atoms with Crippen molar-refractivity contribution in [3.8, 4) is 67.6 Å². The second kappa shape index (κ2) is 32.7. The van der Waals surface area contributed by atoms with Crippen LogP contribution in [0.1, 0.15) is 88.5 Å². The average Bonchev–Trinajstić information content (AvgIpc) is 1.48. The number of anilines is 4. The van der Waals surface area contributed by atoms with Gasteiger partial charge >= 0.3 is 0 Å². The Bertz CT molecular complexity index is 5530. The van der Waals surface area contributed by atoms with E-state index in [0.29, 0.717) is 37.9 Å². The standard InChI is InChI=1S/2C25H32N6O.C21H25N5O.C19H21N5O/c1-17-4-7-20-12-21(17)22-13-27-31-10-8-23(28-24(22)31)26-9-11-29-16-25(2,3)30(18-5-6-18)14-19(29)15-32-20;1-5-10-30-15-19-16-32-20-7-6-18(2)21(13-20)22-14-27-31-11-8-23(28-24(22)31)26-9-12-29(19)17-25(30,3)4;1-15-5-6-16-12-18(15)19-13-23-21-8-7-20(24-26(19)21)22-9-11-25-10-3-2-4-17(14-25)27-16;1-13-2-3-15-10-16(13)17-11-20-24-7-5-18(22-19(17)24)21-14-4-6-23(12-14)8-9-25-15/h4,7-8,10,12-13,18-19H,5-6,9,11,14-16H2,1-3H3,(H,26,28);5-8,11,13-14,19H,1,9-10,12,15-17H2,2-4H3,(H,26,28);5-8,12-13,17H,2-4,9-11,14H2,1H3,(H,22,24);2-3,5,7,10-11,14H,4,6,8-9,12H2,1H3,(H,21,22)/t2*19-;17-;14-/m0011/s1. The van der Waals surface area contributed by atoms with Gasteiger partial charge in [0.1, 0.15) is 72.2 Å². The normalized spacial score (nSPS) is 22.6. The second-order valence-electron chi connectivity index (χ2n) is 34.1. The van der Waals surface area contributed by atoms with Crippen LogP contribution in [0.4, 0.5) is 23.3 Å². The third kappa shape index (κ3) is 16.6. The van der Waals surface area contributed by atoms with E-state index in [1.165, 1.54) is 47.9 Å². The number of imidazole rings is 1. The lowest BCUT2D eigenvalue weighted by atomic mass is 9.95. The molecule has 8 aromatic heterocycles. The Labute approximate surface area is 679 Å². The lowest BCUT2D eigenvalue weighted by Gasteiger charge is -2.51. The van der Waals surface area contributed by atoms with Crippen LogP contribution in [0, 0.1) is 27.7 Å². The molecule has 604 valence electrons. The number of rotatable bonds is 3. The molecular formula is C90H110N22O4. The van der Waals surface area contributed by atoms with Crippen LogP contribution < -0.4 is 40.2 Å². The highest BCUT2D eigenvalue weighted by atomic mass is 16.5. The van der Waals surface area contributed by atoms with Crippen molar-refractivity contribution in [1.82, 2.24) is 87.8 Å². The monoisotopic (exact) mass is 1560 g/mol. The lowest BCUT2D eigenvalue weighted by Crippen LogP contribution is -2.65. The van der Waals surface area contributed by atoms with Crippen LogP contribution in [0.25, 0.3) is 67.2 Å². The summed E-state index contributed by atoms with van der Waals surface area (Å²) < 4.78 is 32.7. The van der Waals surface area contributed by atoms with E-state index in [0.717, 1.165) is 237 Å². The molecule has 26 heteroatoms. The number of ether oxygens (including phenoxy) is 4. The molecule has 20 bridgehead atoms. The summed E-state index contributed by atoms with van der Waals surface area (Å²) in [7, 11) is 0. The first-order valence-electron chi connectivity index (χ1n) is 41.9. The van der Waals surface area contributed by atoms with Gasteiger partial charge in [-0.2, -0.15) is 15.3 Å². The largest absolute Gasteiger partial charge is 0.492 e. The van der Waals surface area contributed by atoms with Crippen molar-refractivity contribution >= 4 is 45.9 Å². The molecule has 4 aromatic carbocycles. The maximum absolute atomic E-state index is 6.42. The molecule has 4 saturated heterocycles. The van der Waals surface area contributed by atoms with Crippen molar-refractivity contribution in [2.45, 2.75) is 135 Å². The molecule has 1 aliphatic carbocycles. The fourth-order valence-electron chi connectivity index (χ4n) is 18.2. The molecule has 16 heterocycles. The van der Waals surface area contributed by atoms with Gasteiger partial charge in [0.2, 0.25) is 0 Å². The number of nitrogens with one attached hydrogen (secondary N) is 4. The minimum absolute atomic E-state index is 0.0802. The number of fused-ring (bicyclic) bond motifs is 22. The van der Waals surface area contributed by atoms with Crippen molar-refractivity contribution in [3.63, 3.8) is 0 Å². The van der Waals surface area contributed by atoms with Crippen molar-refractivity contribution in [1.29, 1.82) is 0 Å². The molecule has 0 spiro atoms. The average molecular weight is 1560 g/mol. The van der Waals surface area contributed by atoms with Gasteiger partial charge in [-0.15, -0.1) is 11.7 Å². The molecule has 2 unspecified atom stereocenters. The second-order valence-corrected chi connectivity index (χ2v) is 34.1. The molecule has 8 aliphatic heterocycles. The Balaban J connectivity index is 0.000000108. The minimum Gasteiger partial charge on any atom is -0.492 e. The van der Waals surface area contributed by atoms with Crippen LogP contribution in [0.2, 0.25) is 0 Å². The Morgan fingerprint density at radius 2 is 1.01 bits per heavy atom. The highest BCUT2D eigenvalue weighted by Gasteiger charge is 2.46. The summed E-state index contributed by atoms with van der Waals surface area (Å²) in [5, 5.41) is 32.4. The first-order chi connectivity index (χ1) is 56.4. The quantitative estimate of drug-likeness (QED) is 0.121. The van der Waals surface area contributed by atoms with Crippen molar-refractivity contribution in [3.05, 3.63) is 181 Å². The van der Waals surface area contributed by atoms with Gasteiger partial charge < -0.3 is 40.2 Å². The van der Waals surface area contributed by atoms with Crippen LogP contribution in [0.15, 0.2) is 159 Å². The SMILES string of the molecule is C=CCN1C[C@H]2COc3ccc(C)c(c3)-c3cnn4ccc(nc34)NCCN2CC1(C)C.Cc1ccc2cc1-c1cnc3ccc(nn13)NCCN1CCCC[C@H](C1)O2.Cc1ccc2cc1-c1cnn3ccc(nc13)NCCN1CC(C)(C)N(C3CC3)C[C@H]1CO2.Cc1ccc2cc1-c1cnn3ccc(nc13)N[C@@H]1CCN(CCO2)C1. The van der Waals surface area contributed by atoms with Gasteiger partial charge in [-0.3, -0.25) is 29.4 Å². The van der Waals surface area contributed by atoms with Gasteiger partial charge in [0.25, 0.3) is 0 Å². The lowest BCUT2D eigenvalue weighted by molar-refractivity contribution is -0.0341. The van der Waals surface area contributed by atoms with E-state index in [-0.39, 0.29) is 17.2 Å². The van der Waals surface area contributed by atoms with Gasteiger partial charge in [0.15, 0.2) is 22.6 Å². The smallest absolute Gasteiger partial charge is 0.165 e. The molecule has 0 radical (unpaired) electrons. The first-order valence-corrected chi connectivity index (χ1v) is 41.9. The molecule has 21 rings (SSSR count). The predicted octanol–water partition coefficient (Wildman–Crippen LogP) is 12.8. The Morgan fingerprint density at radius 3 is 1.62 bits per heavy atom. The van der Waals surface area contributed by atoms with Crippen molar-refractivity contribution in [2.75, 3.05) is 146 Å². The summed E-state index contributed by atoms with van der Waals surface area (Å²) in [6, 6.07) is 37.2. The molecule has 1 saturated carbocycles. The first kappa shape index (κ1) is 76.5. The summed E-state index contributed by atoms with van der Waals surface area (Å²) in [5.41, 5.74) is 17.0. The number of aromatic nitrogens is 12. The number of piperazine rings is 2. The summed E-state index contributed by atoms with van der Waals surface area (Å²) >= 11 is 0. The van der Waals surface area contributed by atoms with Gasteiger partial charge in [-0.25, -0.2) is 38.0 Å². The zero-order chi connectivity index (χ0) is 79.2. The van der Waals surface area contributed by atoms with Gasteiger partial charge in [0, 0.05) is 162 Å². The number of nitrogens with zero attached hydrogens (tertiary/aromatic N) is 18. The summed E-state index contributed by atoms with van der Waals surface area (Å²) in [6.45, 7) is 39.5. The van der Waals surface area contributed by atoms with E-state index in [1.807, 2.05) is 104 Å². The van der Waals surface area contributed by atoms with Crippen LogP contribution in [0.3, 0.4) is 0 Å². The minimum atomic E-state index is 0.0802. The molecular weight excluding hydrogens is 1450 g/mol. The van der Waals surface area contributed by atoms with E-state index in [4.69, 9.17) is 39.0 Å². The maximum atomic E-state index is 6.42. The Hall–Kier alpha value is -10.7. The van der Waals surface area contributed by atoms with Crippen LogP contribution in [-0.4, -0.2) is 254 Å². The van der Waals surface area contributed by atoms with E-state index >= 15 is 0 Å². The Kier molecular flexibility index (Phi) is 21.6. The molecule has 5 fully saturated rings. The van der Waals surface area contributed by atoms with Gasteiger partial charge in [-0.1, -0.05) is 30.3 Å². The molecule has 6 atom stereocenters. The molecule has 4 N–H and O–H groups in total. The Morgan fingerprint density at radius 1 is 0.474 bits per heavy atom. The van der Waals surface area contributed by atoms with E-state index < -0.39 is 0 Å². The topological polar surface area (TPSA) is 225 Å². The zero-order valence-electron chi connectivity index (χ0n) is 68.4.